The second-order valence-corrected chi connectivity index (χ2v) is 6.09. The predicted octanol–water partition coefficient (Wildman–Crippen LogP) is 3.37. The van der Waals surface area contributed by atoms with Gasteiger partial charge in [0.15, 0.2) is 11.5 Å². The number of tetrazole rings is 1. The third-order valence-electron chi connectivity index (χ3n) is 3.99. The van der Waals surface area contributed by atoms with E-state index in [-0.39, 0.29) is 0 Å². The van der Waals surface area contributed by atoms with E-state index in [0.29, 0.717) is 37.1 Å². The van der Waals surface area contributed by atoms with Crippen LogP contribution in [0.2, 0.25) is 0 Å². The first kappa shape index (κ1) is 18.4. The number of anilines is 1. The number of rotatable bonds is 9. The van der Waals surface area contributed by atoms with E-state index in [2.05, 4.69) is 46.5 Å². The summed E-state index contributed by atoms with van der Waals surface area (Å²) in [5.74, 6) is 1.99. The largest absolute Gasteiger partial charge is 0.493 e. The molecule has 1 aromatic heterocycles. The zero-order valence-electron chi connectivity index (χ0n) is 15.6. The molecule has 0 aliphatic carbocycles. The van der Waals surface area contributed by atoms with Crippen molar-refractivity contribution in [3.8, 4) is 11.5 Å². The number of aryl methyl sites for hydroxylation is 1. The van der Waals surface area contributed by atoms with Gasteiger partial charge in [0.25, 0.3) is 0 Å². The molecular formula is C20H23N5O2. The molecular weight excluding hydrogens is 342 g/mol. The lowest BCUT2D eigenvalue weighted by atomic mass is 10.1. The molecule has 27 heavy (non-hydrogen) atoms. The smallest absolute Gasteiger partial charge is 0.243 e. The molecule has 140 valence electrons. The maximum absolute atomic E-state index is 5.93. The minimum atomic E-state index is 0.492. The van der Waals surface area contributed by atoms with Crippen LogP contribution in [-0.2, 0) is 19.7 Å². The number of allylic oxidation sites excluding steroid dienone is 1. The van der Waals surface area contributed by atoms with Gasteiger partial charge in [-0.15, -0.1) is 6.58 Å². The molecule has 1 N–H and O–H groups in total. The minimum absolute atomic E-state index is 0.492. The predicted molar refractivity (Wildman–Crippen MR) is 104 cm³/mol. The number of hydrogen-bond acceptors (Lipinski definition) is 6. The molecule has 7 nitrogen and oxygen atoms in total. The molecule has 2 aromatic carbocycles. The molecule has 0 unspecified atom stereocenters. The average molecular weight is 365 g/mol. The molecule has 0 amide bonds. The van der Waals surface area contributed by atoms with Crippen LogP contribution in [0.4, 0.5) is 5.95 Å². The van der Waals surface area contributed by atoms with Gasteiger partial charge in [0.2, 0.25) is 5.95 Å². The fourth-order valence-electron chi connectivity index (χ4n) is 2.66. The van der Waals surface area contributed by atoms with Gasteiger partial charge < -0.3 is 14.8 Å². The van der Waals surface area contributed by atoms with Gasteiger partial charge in [0.1, 0.15) is 6.61 Å². The molecule has 0 bridgehead atoms. The highest BCUT2D eigenvalue weighted by Gasteiger charge is 2.08. The van der Waals surface area contributed by atoms with Gasteiger partial charge in [-0.2, -0.15) is 0 Å². The maximum atomic E-state index is 5.93. The second-order valence-electron chi connectivity index (χ2n) is 6.09. The quantitative estimate of drug-likeness (QED) is 0.586. The van der Waals surface area contributed by atoms with Gasteiger partial charge in [-0.1, -0.05) is 47.1 Å². The third-order valence-corrected chi connectivity index (χ3v) is 3.99. The molecule has 0 aliphatic rings. The maximum Gasteiger partial charge on any atom is 0.243 e. The number of nitrogens with zero attached hydrogens (tertiary/aromatic N) is 4. The summed E-state index contributed by atoms with van der Waals surface area (Å²) in [6, 6.07) is 14.1. The second kappa shape index (κ2) is 8.84. The van der Waals surface area contributed by atoms with Crippen LogP contribution < -0.4 is 14.8 Å². The summed E-state index contributed by atoms with van der Waals surface area (Å²) in [4.78, 5) is 0. The molecule has 0 radical (unpaired) electrons. The Morgan fingerprint density at radius 3 is 2.81 bits per heavy atom. The molecule has 0 saturated carbocycles. The van der Waals surface area contributed by atoms with Crippen LogP contribution in [0.5, 0.6) is 11.5 Å². The van der Waals surface area contributed by atoms with Crippen molar-refractivity contribution in [2.24, 2.45) is 0 Å². The zero-order chi connectivity index (χ0) is 19.1. The SMILES string of the molecule is C=CCn1nnnc1NCc1ccc(OCc2cccc(C)c2)c(OC)c1. The molecule has 0 saturated heterocycles. The monoisotopic (exact) mass is 365 g/mol. The van der Waals surface area contributed by atoms with Crippen molar-refractivity contribution in [3.05, 3.63) is 71.8 Å². The summed E-state index contributed by atoms with van der Waals surface area (Å²) >= 11 is 0. The molecule has 0 aliphatic heterocycles. The Bertz CT molecular complexity index is 907. The number of aromatic nitrogens is 4. The number of nitrogens with one attached hydrogen (secondary N) is 1. The van der Waals surface area contributed by atoms with Gasteiger partial charge in [0, 0.05) is 6.54 Å². The van der Waals surface area contributed by atoms with Crippen LogP contribution >= 0.6 is 0 Å². The van der Waals surface area contributed by atoms with E-state index in [1.807, 2.05) is 30.3 Å². The van der Waals surface area contributed by atoms with Crippen molar-refractivity contribution in [1.82, 2.24) is 20.2 Å². The van der Waals surface area contributed by atoms with Crippen molar-refractivity contribution in [3.63, 3.8) is 0 Å². The summed E-state index contributed by atoms with van der Waals surface area (Å²) < 4.78 is 13.1. The first-order chi connectivity index (χ1) is 13.2. The first-order valence-electron chi connectivity index (χ1n) is 8.66. The lowest BCUT2D eigenvalue weighted by molar-refractivity contribution is 0.284. The highest BCUT2D eigenvalue weighted by atomic mass is 16.5. The van der Waals surface area contributed by atoms with Gasteiger partial charge in [-0.3, -0.25) is 0 Å². The normalized spacial score (nSPS) is 10.4. The van der Waals surface area contributed by atoms with Gasteiger partial charge in [0.05, 0.1) is 13.7 Å². The lowest BCUT2D eigenvalue weighted by Gasteiger charge is -2.13. The van der Waals surface area contributed by atoms with Crippen LogP contribution in [0.25, 0.3) is 0 Å². The van der Waals surface area contributed by atoms with Crippen molar-refractivity contribution in [2.45, 2.75) is 26.6 Å². The van der Waals surface area contributed by atoms with Crippen LogP contribution in [-0.4, -0.2) is 27.3 Å². The number of hydrogen-bond donors (Lipinski definition) is 1. The van der Waals surface area contributed by atoms with Crippen LogP contribution in [0.1, 0.15) is 16.7 Å². The standard InChI is InChI=1S/C20H23N5O2/c1-4-10-25-20(22-23-24-25)21-13-16-8-9-18(19(12-16)26-3)27-14-17-7-5-6-15(2)11-17/h4-9,11-12H,1,10,13-14H2,2-3H3,(H,21,22,24). The fraction of sp³-hybridized carbons (Fsp3) is 0.250. The summed E-state index contributed by atoms with van der Waals surface area (Å²) in [6.07, 6.45) is 1.74. The summed E-state index contributed by atoms with van der Waals surface area (Å²) in [5, 5.41) is 14.7. The Morgan fingerprint density at radius 2 is 2.04 bits per heavy atom. The fourth-order valence-corrected chi connectivity index (χ4v) is 2.66. The van der Waals surface area contributed by atoms with Crippen LogP contribution in [0.15, 0.2) is 55.1 Å². The van der Waals surface area contributed by atoms with Gasteiger partial charge >= 0.3 is 0 Å². The Labute approximate surface area is 158 Å². The molecule has 7 heteroatoms. The van der Waals surface area contributed by atoms with Gasteiger partial charge in [-0.05, 0) is 40.6 Å². The van der Waals surface area contributed by atoms with Crippen LogP contribution in [0, 0.1) is 6.92 Å². The molecule has 3 rings (SSSR count). The first-order valence-corrected chi connectivity index (χ1v) is 8.66. The van der Waals surface area contributed by atoms with E-state index in [9.17, 15) is 0 Å². The Hall–Kier alpha value is -3.35. The Kier molecular flexibility index (Phi) is 6.04. The average Bonchev–Trinajstić information content (AvgIpc) is 3.12. The molecule has 1 heterocycles. The summed E-state index contributed by atoms with van der Waals surface area (Å²) in [5.41, 5.74) is 3.36. The molecule has 0 atom stereocenters. The lowest BCUT2D eigenvalue weighted by Crippen LogP contribution is -2.08. The van der Waals surface area contributed by atoms with E-state index in [4.69, 9.17) is 9.47 Å². The molecule has 3 aromatic rings. The van der Waals surface area contributed by atoms with Gasteiger partial charge in [-0.25, -0.2) is 4.68 Å². The van der Waals surface area contributed by atoms with E-state index in [0.717, 1.165) is 11.1 Å². The summed E-state index contributed by atoms with van der Waals surface area (Å²) in [7, 11) is 1.64. The number of benzene rings is 2. The summed E-state index contributed by atoms with van der Waals surface area (Å²) in [6.45, 7) is 7.36. The van der Waals surface area contributed by atoms with Crippen molar-refractivity contribution in [2.75, 3.05) is 12.4 Å². The number of ether oxygens (including phenoxy) is 2. The van der Waals surface area contributed by atoms with E-state index in [1.54, 1.807) is 17.9 Å². The zero-order valence-corrected chi connectivity index (χ0v) is 15.6. The topological polar surface area (TPSA) is 74.1 Å². The number of methoxy groups -OCH3 is 1. The molecule has 0 spiro atoms. The van der Waals surface area contributed by atoms with Crippen molar-refractivity contribution >= 4 is 5.95 Å². The highest BCUT2D eigenvalue weighted by molar-refractivity contribution is 5.44. The third kappa shape index (κ3) is 4.84. The van der Waals surface area contributed by atoms with E-state index >= 15 is 0 Å². The van der Waals surface area contributed by atoms with E-state index < -0.39 is 0 Å². The Balaban J connectivity index is 1.64. The minimum Gasteiger partial charge on any atom is -0.493 e. The molecule has 0 fully saturated rings. The highest BCUT2D eigenvalue weighted by Crippen LogP contribution is 2.29. The van der Waals surface area contributed by atoms with E-state index in [1.165, 1.54) is 5.56 Å². The van der Waals surface area contributed by atoms with Crippen LogP contribution in [0.3, 0.4) is 0 Å². The van der Waals surface area contributed by atoms with Crippen molar-refractivity contribution in [1.29, 1.82) is 0 Å². The van der Waals surface area contributed by atoms with Crippen molar-refractivity contribution < 1.29 is 9.47 Å². The Morgan fingerprint density at radius 1 is 1.15 bits per heavy atom.